The van der Waals surface area contributed by atoms with Crippen molar-refractivity contribution in [2.75, 3.05) is 0 Å². The first-order chi connectivity index (χ1) is 11.6. The summed E-state index contributed by atoms with van der Waals surface area (Å²) in [5, 5.41) is 11.2. The highest BCUT2D eigenvalue weighted by molar-refractivity contribution is 5.92. The number of aliphatic hydroxyl groups is 1. The van der Waals surface area contributed by atoms with Crippen LogP contribution in [0.5, 0.6) is 0 Å². The summed E-state index contributed by atoms with van der Waals surface area (Å²) in [5.74, 6) is 1.46. The molecule has 2 fully saturated rings. The van der Waals surface area contributed by atoms with E-state index in [0.717, 1.165) is 25.7 Å². The van der Waals surface area contributed by atoms with Gasteiger partial charge in [0.15, 0.2) is 11.6 Å². The van der Waals surface area contributed by atoms with Crippen LogP contribution in [0, 0.1) is 28.6 Å². The molecule has 4 aliphatic rings. The van der Waals surface area contributed by atoms with E-state index < -0.39 is 5.60 Å². The Morgan fingerprint density at radius 2 is 1.84 bits per heavy atom. The Hall–Kier alpha value is -1.22. The van der Waals surface area contributed by atoms with Gasteiger partial charge in [-0.05, 0) is 80.8 Å². The molecule has 25 heavy (non-hydrogen) atoms. The van der Waals surface area contributed by atoms with Gasteiger partial charge in [-0.15, -0.1) is 0 Å². The summed E-state index contributed by atoms with van der Waals surface area (Å²) >= 11 is 0. The van der Waals surface area contributed by atoms with E-state index in [-0.39, 0.29) is 22.4 Å². The molecule has 0 amide bonds. The zero-order valence-corrected chi connectivity index (χ0v) is 15.9. The molecule has 0 saturated heterocycles. The maximum absolute atomic E-state index is 12.3. The molecule has 136 valence electrons. The van der Waals surface area contributed by atoms with Crippen molar-refractivity contribution in [3.8, 4) is 0 Å². The van der Waals surface area contributed by atoms with Crippen molar-refractivity contribution < 1.29 is 14.7 Å². The summed E-state index contributed by atoms with van der Waals surface area (Å²) in [4.78, 5) is 24.3. The molecule has 0 aromatic rings. The Morgan fingerprint density at radius 1 is 1.16 bits per heavy atom. The molecule has 4 rings (SSSR count). The Kier molecular flexibility index (Phi) is 3.55. The average Bonchev–Trinajstić information content (AvgIpc) is 2.83. The van der Waals surface area contributed by atoms with Crippen LogP contribution in [-0.2, 0) is 9.59 Å². The predicted molar refractivity (Wildman–Crippen MR) is 96.9 cm³/mol. The molecule has 0 aromatic carbocycles. The summed E-state index contributed by atoms with van der Waals surface area (Å²) in [5.41, 5.74) is 1.06. The van der Waals surface area contributed by atoms with E-state index in [0.29, 0.717) is 30.6 Å². The van der Waals surface area contributed by atoms with Crippen molar-refractivity contribution in [2.45, 2.75) is 71.8 Å². The lowest BCUT2D eigenvalue weighted by Gasteiger charge is -2.57. The lowest BCUT2D eigenvalue weighted by Crippen LogP contribution is -2.56. The van der Waals surface area contributed by atoms with Gasteiger partial charge in [0.2, 0.25) is 0 Å². The van der Waals surface area contributed by atoms with Crippen LogP contribution in [0.3, 0.4) is 0 Å². The third-order valence-corrected chi connectivity index (χ3v) is 8.56. The molecule has 1 N–H and O–H groups in total. The van der Waals surface area contributed by atoms with Gasteiger partial charge >= 0.3 is 0 Å². The topological polar surface area (TPSA) is 54.4 Å². The van der Waals surface area contributed by atoms with Crippen molar-refractivity contribution in [2.24, 2.45) is 28.6 Å². The first-order valence-corrected chi connectivity index (χ1v) is 9.81. The van der Waals surface area contributed by atoms with Gasteiger partial charge in [-0.3, -0.25) is 9.59 Å². The fraction of sp³-hybridized carbons (Fsp3) is 0.727. The zero-order chi connectivity index (χ0) is 18.2. The van der Waals surface area contributed by atoms with Crippen molar-refractivity contribution >= 4 is 11.6 Å². The van der Waals surface area contributed by atoms with Crippen molar-refractivity contribution in [3.05, 3.63) is 23.3 Å². The number of rotatable bonds is 1. The molecule has 0 aliphatic heterocycles. The number of hydrogen-bond acceptors (Lipinski definition) is 3. The SMILES string of the molecule is CC(=O)[C@@]1(O)CC[C@@H]2[C@H]3C=C(C)C4=CC(=O)CC[C@]4(C)[C@@H]3CC[C@@]21C. The molecule has 2 saturated carbocycles. The summed E-state index contributed by atoms with van der Waals surface area (Å²) in [7, 11) is 0. The Bertz CT molecular complexity index is 717. The molecular formula is C22H30O3. The molecule has 3 nitrogen and oxygen atoms in total. The highest BCUT2D eigenvalue weighted by atomic mass is 16.3. The molecule has 3 heteroatoms. The largest absolute Gasteiger partial charge is 0.382 e. The highest BCUT2D eigenvalue weighted by Gasteiger charge is 2.65. The van der Waals surface area contributed by atoms with Gasteiger partial charge in [0.05, 0.1) is 0 Å². The maximum Gasteiger partial charge on any atom is 0.161 e. The van der Waals surface area contributed by atoms with E-state index in [1.807, 2.05) is 6.08 Å². The standard InChI is InChI=1S/C22H30O3/c1-13-11-16-17(20(3)8-5-15(24)12-19(13)20)6-9-21(4)18(16)7-10-22(21,25)14(2)23/h11-12,16-18,25H,5-10H2,1-4H3/t16-,17+,18+,20+,21-,22-/m0/s1. The smallest absolute Gasteiger partial charge is 0.161 e. The second-order valence-corrected chi connectivity index (χ2v) is 9.49. The summed E-state index contributed by atoms with van der Waals surface area (Å²) in [6.45, 7) is 8.17. The molecule has 0 heterocycles. The Morgan fingerprint density at radius 3 is 2.52 bits per heavy atom. The fourth-order valence-corrected chi connectivity index (χ4v) is 7.01. The molecule has 6 atom stereocenters. The third kappa shape index (κ3) is 2.02. The van der Waals surface area contributed by atoms with Crippen LogP contribution >= 0.6 is 0 Å². The summed E-state index contributed by atoms with van der Waals surface area (Å²) in [6, 6.07) is 0. The number of hydrogen-bond donors (Lipinski definition) is 1. The summed E-state index contributed by atoms with van der Waals surface area (Å²) < 4.78 is 0. The van der Waals surface area contributed by atoms with Crippen LogP contribution in [0.25, 0.3) is 0 Å². The third-order valence-electron chi connectivity index (χ3n) is 8.56. The molecule has 0 aromatic heterocycles. The van der Waals surface area contributed by atoms with Gasteiger partial charge < -0.3 is 5.11 Å². The number of fused-ring (bicyclic) bond motifs is 5. The van der Waals surface area contributed by atoms with Gasteiger partial charge in [0, 0.05) is 11.8 Å². The normalized spacial score (nSPS) is 48.8. The van der Waals surface area contributed by atoms with Crippen molar-refractivity contribution in [1.82, 2.24) is 0 Å². The Labute approximate surface area is 150 Å². The highest BCUT2D eigenvalue weighted by Crippen LogP contribution is 2.67. The van der Waals surface area contributed by atoms with E-state index in [4.69, 9.17) is 0 Å². The first kappa shape index (κ1) is 17.2. The van der Waals surface area contributed by atoms with E-state index in [1.165, 1.54) is 11.1 Å². The Balaban J connectivity index is 1.80. The van der Waals surface area contributed by atoms with Crippen LogP contribution in [-0.4, -0.2) is 22.3 Å². The average molecular weight is 342 g/mol. The molecule has 4 aliphatic carbocycles. The minimum absolute atomic E-state index is 0.0651. The number of carbonyl (C=O) groups is 2. The number of ketones is 2. The van der Waals surface area contributed by atoms with Gasteiger partial charge in [-0.1, -0.05) is 25.5 Å². The van der Waals surface area contributed by atoms with Crippen molar-refractivity contribution in [1.29, 1.82) is 0 Å². The first-order valence-electron chi connectivity index (χ1n) is 9.81. The molecule has 0 unspecified atom stereocenters. The number of Topliss-reactive ketones (excluding diaryl/α,β-unsaturated/α-hetero) is 1. The van der Waals surface area contributed by atoms with Gasteiger partial charge in [-0.25, -0.2) is 0 Å². The minimum atomic E-state index is -1.16. The van der Waals surface area contributed by atoms with Crippen LogP contribution in [0.1, 0.15) is 66.2 Å². The van der Waals surface area contributed by atoms with Crippen LogP contribution in [0.2, 0.25) is 0 Å². The van der Waals surface area contributed by atoms with E-state index in [9.17, 15) is 14.7 Å². The van der Waals surface area contributed by atoms with Gasteiger partial charge in [0.25, 0.3) is 0 Å². The lowest BCUT2D eigenvalue weighted by atomic mass is 9.47. The van der Waals surface area contributed by atoms with E-state index in [1.54, 1.807) is 6.92 Å². The van der Waals surface area contributed by atoms with Crippen molar-refractivity contribution in [3.63, 3.8) is 0 Å². The molecule has 0 spiro atoms. The molecule has 0 bridgehead atoms. The lowest BCUT2D eigenvalue weighted by molar-refractivity contribution is -0.156. The number of allylic oxidation sites excluding steroid dienone is 4. The van der Waals surface area contributed by atoms with Crippen LogP contribution in [0.15, 0.2) is 23.3 Å². The second kappa shape index (κ2) is 5.16. The monoisotopic (exact) mass is 342 g/mol. The zero-order valence-electron chi connectivity index (χ0n) is 15.9. The molecule has 0 radical (unpaired) electrons. The van der Waals surface area contributed by atoms with Gasteiger partial charge in [-0.2, -0.15) is 0 Å². The van der Waals surface area contributed by atoms with E-state index in [2.05, 4.69) is 26.8 Å². The van der Waals surface area contributed by atoms with E-state index >= 15 is 0 Å². The number of carbonyl (C=O) groups excluding carboxylic acids is 2. The van der Waals surface area contributed by atoms with Gasteiger partial charge in [0.1, 0.15) is 5.60 Å². The minimum Gasteiger partial charge on any atom is -0.382 e. The molecular weight excluding hydrogens is 312 g/mol. The summed E-state index contributed by atoms with van der Waals surface area (Å²) in [6.07, 6.45) is 9.28. The second-order valence-electron chi connectivity index (χ2n) is 9.49. The predicted octanol–water partition coefficient (Wildman–Crippen LogP) is 4.00. The van der Waals surface area contributed by atoms with Crippen LogP contribution in [0.4, 0.5) is 0 Å². The quantitative estimate of drug-likeness (QED) is 0.783. The van der Waals surface area contributed by atoms with Crippen LogP contribution < -0.4 is 0 Å². The maximum atomic E-state index is 12.3. The fourth-order valence-electron chi connectivity index (χ4n) is 7.01.